The maximum atomic E-state index is 10.6. The number of carbonyl (C=O) groups is 1. The zero-order chi connectivity index (χ0) is 12.6. The van der Waals surface area contributed by atoms with Crippen molar-refractivity contribution in [2.45, 2.75) is 19.8 Å². The fraction of sp³-hybridized carbons (Fsp3) is 0.333. The number of hydrogen-bond acceptors (Lipinski definition) is 2. The number of rotatable bonds is 3. The van der Waals surface area contributed by atoms with Gasteiger partial charge in [0.05, 0.1) is 11.9 Å². The van der Waals surface area contributed by atoms with Gasteiger partial charge in [-0.25, -0.2) is 4.98 Å². The third-order valence-electron chi connectivity index (χ3n) is 2.74. The molecule has 2 rings (SSSR count). The molecule has 0 spiro atoms. The highest BCUT2D eigenvalue weighted by atomic mass is 79.9. The summed E-state index contributed by atoms with van der Waals surface area (Å²) in [6, 6.07) is 4.06. The summed E-state index contributed by atoms with van der Waals surface area (Å²) in [6.45, 7) is 2.02. The highest BCUT2D eigenvalue weighted by molar-refractivity contribution is 9.10. The van der Waals surface area contributed by atoms with E-state index in [-0.39, 0.29) is 6.42 Å². The van der Waals surface area contributed by atoms with Gasteiger partial charge in [0.1, 0.15) is 11.3 Å². The Morgan fingerprint density at radius 3 is 2.88 bits per heavy atom. The van der Waals surface area contributed by atoms with Crippen molar-refractivity contribution in [1.82, 2.24) is 9.55 Å². The number of imidazole rings is 1. The quantitative estimate of drug-likeness (QED) is 0.947. The first kappa shape index (κ1) is 12.1. The van der Waals surface area contributed by atoms with Gasteiger partial charge in [0.25, 0.3) is 0 Å². The smallest absolute Gasteiger partial charge is 0.303 e. The first-order chi connectivity index (χ1) is 7.99. The Hall–Kier alpha value is -1.36. The number of aromatic nitrogens is 2. The molecule has 0 amide bonds. The fourth-order valence-electron chi connectivity index (χ4n) is 1.87. The molecule has 0 saturated carbocycles. The minimum Gasteiger partial charge on any atom is -0.481 e. The second-order valence-electron chi connectivity index (χ2n) is 4.10. The van der Waals surface area contributed by atoms with E-state index in [1.54, 1.807) is 0 Å². The van der Waals surface area contributed by atoms with Crippen molar-refractivity contribution in [3.05, 3.63) is 28.0 Å². The first-order valence-electron chi connectivity index (χ1n) is 5.32. The van der Waals surface area contributed by atoms with Gasteiger partial charge in [-0.2, -0.15) is 0 Å². The summed E-state index contributed by atoms with van der Waals surface area (Å²) in [5.74, 6) is 0.000928. The van der Waals surface area contributed by atoms with E-state index in [2.05, 4.69) is 27.0 Å². The van der Waals surface area contributed by atoms with E-state index in [1.165, 1.54) is 0 Å². The molecule has 1 aromatic carbocycles. The van der Waals surface area contributed by atoms with Crippen molar-refractivity contribution < 1.29 is 9.90 Å². The van der Waals surface area contributed by atoms with Crippen LogP contribution in [0.3, 0.4) is 0 Å². The summed E-state index contributed by atoms with van der Waals surface area (Å²) in [7, 11) is 1.92. The second-order valence-corrected chi connectivity index (χ2v) is 4.95. The molecule has 0 fully saturated rings. The van der Waals surface area contributed by atoms with Gasteiger partial charge in [-0.1, -0.05) is 0 Å². The number of benzene rings is 1. The molecule has 1 heterocycles. The molecular formula is C12H13BrN2O2. The maximum Gasteiger partial charge on any atom is 0.303 e. The molecular weight excluding hydrogens is 284 g/mol. The fourth-order valence-corrected chi connectivity index (χ4v) is 2.52. The molecule has 1 N–H and O–H groups in total. The molecule has 0 saturated heterocycles. The monoisotopic (exact) mass is 296 g/mol. The molecule has 0 atom stereocenters. The Labute approximate surface area is 107 Å². The number of aliphatic carboxylic acids is 1. The average molecular weight is 297 g/mol. The van der Waals surface area contributed by atoms with E-state index >= 15 is 0 Å². The third kappa shape index (κ3) is 2.34. The molecule has 0 aliphatic heterocycles. The molecule has 0 unspecified atom stereocenters. The lowest BCUT2D eigenvalue weighted by Crippen LogP contribution is -2.03. The van der Waals surface area contributed by atoms with Crippen LogP contribution in [0.1, 0.15) is 17.8 Å². The van der Waals surface area contributed by atoms with Crippen LogP contribution in [0.2, 0.25) is 0 Å². The number of fused-ring (bicyclic) bond motifs is 1. The van der Waals surface area contributed by atoms with Crippen LogP contribution >= 0.6 is 15.9 Å². The summed E-state index contributed by atoms with van der Waals surface area (Å²) in [5.41, 5.74) is 3.06. The van der Waals surface area contributed by atoms with E-state index in [0.717, 1.165) is 26.9 Å². The van der Waals surface area contributed by atoms with Crippen molar-refractivity contribution in [2.75, 3.05) is 0 Å². The summed E-state index contributed by atoms with van der Waals surface area (Å²) in [5, 5.41) is 8.69. The number of carboxylic acids is 1. The van der Waals surface area contributed by atoms with Crippen LogP contribution in [0.25, 0.3) is 11.0 Å². The standard InChI is InChI=1S/C12H13BrN2O2/c1-7-5-8(13)12-9(6-7)15(2)10(14-12)3-4-11(16)17/h5-6H,3-4H2,1-2H3,(H,16,17). The van der Waals surface area contributed by atoms with Gasteiger partial charge in [-0.05, 0) is 40.5 Å². The highest BCUT2D eigenvalue weighted by Gasteiger charge is 2.11. The van der Waals surface area contributed by atoms with Gasteiger partial charge in [0.2, 0.25) is 0 Å². The Morgan fingerprint density at radius 2 is 2.24 bits per heavy atom. The topological polar surface area (TPSA) is 55.1 Å². The molecule has 5 heteroatoms. The van der Waals surface area contributed by atoms with Crippen LogP contribution < -0.4 is 0 Å². The molecule has 90 valence electrons. The van der Waals surface area contributed by atoms with Gasteiger partial charge >= 0.3 is 5.97 Å². The molecule has 17 heavy (non-hydrogen) atoms. The lowest BCUT2D eigenvalue weighted by molar-refractivity contribution is -0.137. The van der Waals surface area contributed by atoms with Gasteiger partial charge in [-0.3, -0.25) is 4.79 Å². The van der Waals surface area contributed by atoms with Crippen molar-refractivity contribution in [2.24, 2.45) is 7.05 Å². The molecule has 0 bridgehead atoms. The largest absolute Gasteiger partial charge is 0.481 e. The van der Waals surface area contributed by atoms with Crippen molar-refractivity contribution in [1.29, 1.82) is 0 Å². The first-order valence-corrected chi connectivity index (χ1v) is 6.11. The molecule has 4 nitrogen and oxygen atoms in total. The zero-order valence-corrected chi connectivity index (χ0v) is 11.3. The predicted molar refractivity (Wildman–Crippen MR) is 69.1 cm³/mol. The van der Waals surface area contributed by atoms with E-state index in [1.807, 2.05) is 24.6 Å². The number of halogens is 1. The van der Waals surface area contributed by atoms with Crippen molar-refractivity contribution in [3.63, 3.8) is 0 Å². The average Bonchev–Trinajstić information content (AvgIpc) is 2.54. The van der Waals surface area contributed by atoms with E-state index < -0.39 is 5.97 Å². The lowest BCUT2D eigenvalue weighted by Gasteiger charge is -2.01. The Kier molecular flexibility index (Phi) is 3.19. The molecule has 2 aromatic rings. The number of nitrogens with zero attached hydrogens (tertiary/aromatic N) is 2. The summed E-state index contributed by atoms with van der Waals surface area (Å²) in [4.78, 5) is 15.1. The molecule has 0 aliphatic rings. The SMILES string of the molecule is Cc1cc(Br)c2nc(CCC(=O)O)n(C)c2c1. The Morgan fingerprint density at radius 1 is 1.53 bits per heavy atom. The van der Waals surface area contributed by atoms with E-state index in [9.17, 15) is 4.79 Å². The summed E-state index contributed by atoms with van der Waals surface area (Å²) >= 11 is 3.48. The third-order valence-corrected chi connectivity index (χ3v) is 3.34. The Bertz CT molecular complexity index is 590. The lowest BCUT2D eigenvalue weighted by atomic mass is 10.2. The second kappa shape index (κ2) is 4.49. The van der Waals surface area contributed by atoms with Crippen molar-refractivity contribution in [3.8, 4) is 0 Å². The highest BCUT2D eigenvalue weighted by Crippen LogP contribution is 2.25. The molecule has 0 radical (unpaired) electrons. The van der Waals surface area contributed by atoms with Crippen LogP contribution in [-0.2, 0) is 18.3 Å². The van der Waals surface area contributed by atoms with Crippen molar-refractivity contribution >= 4 is 32.9 Å². The van der Waals surface area contributed by atoms with Gasteiger partial charge in [0, 0.05) is 17.9 Å². The van der Waals surface area contributed by atoms with E-state index in [0.29, 0.717) is 6.42 Å². The normalized spacial score (nSPS) is 11.0. The van der Waals surface area contributed by atoms with Crippen LogP contribution in [0, 0.1) is 6.92 Å². The van der Waals surface area contributed by atoms with Crippen LogP contribution in [0.4, 0.5) is 0 Å². The zero-order valence-electron chi connectivity index (χ0n) is 9.70. The number of hydrogen-bond donors (Lipinski definition) is 1. The summed E-state index contributed by atoms with van der Waals surface area (Å²) in [6.07, 6.45) is 0.555. The molecule has 1 aromatic heterocycles. The minimum atomic E-state index is -0.799. The van der Waals surface area contributed by atoms with Crippen LogP contribution in [0.5, 0.6) is 0 Å². The maximum absolute atomic E-state index is 10.6. The van der Waals surface area contributed by atoms with Crippen LogP contribution in [0.15, 0.2) is 16.6 Å². The predicted octanol–water partition coefficient (Wildman–Crippen LogP) is 2.66. The number of aryl methyl sites for hydroxylation is 3. The van der Waals surface area contributed by atoms with E-state index in [4.69, 9.17) is 5.11 Å². The molecule has 0 aliphatic carbocycles. The minimum absolute atomic E-state index is 0.105. The summed E-state index contributed by atoms with van der Waals surface area (Å²) < 4.78 is 2.90. The van der Waals surface area contributed by atoms with Gasteiger partial charge < -0.3 is 9.67 Å². The number of carboxylic acid groups (broad SMARTS) is 1. The Balaban J connectivity index is 2.49. The van der Waals surface area contributed by atoms with Gasteiger partial charge in [0.15, 0.2) is 0 Å². The van der Waals surface area contributed by atoms with Gasteiger partial charge in [-0.15, -0.1) is 0 Å². The van der Waals surface area contributed by atoms with Crippen LogP contribution in [-0.4, -0.2) is 20.6 Å².